The Kier molecular flexibility index (Phi) is 7.04. The molecule has 1 aliphatic rings. The van der Waals surface area contributed by atoms with E-state index in [1.165, 1.54) is 34.1 Å². The number of nitrogens with one attached hydrogen (secondary N) is 2. The van der Waals surface area contributed by atoms with Crippen molar-refractivity contribution in [2.75, 3.05) is 36.8 Å². The number of alkyl halides is 6. The van der Waals surface area contributed by atoms with Crippen molar-refractivity contribution >= 4 is 23.4 Å². The first-order valence-corrected chi connectivity index (χ1v) is 9.90. The highest BCUT2D eigenvalue weighted by molar-refractivity contribution is 5.90. The van der Waals surface area contributed by atoms with Crippen molar-refractivity contribution in [1.29, 1.82) is 0 Å². The van der Waals surface area contributed by atoms with Crippen LogP contribution in [0.3, 0.4) is 0 Å². The standard InChI is InChI=1S/C21H20F6N4O2/c22-20(23,24)14-4-1-6-16(12-14)28-18(32)30-8-3-9-31(11-10-30)19(33)29-17-7-2-5-15(13-17)21(25,26)27/h1-2,4-7,12-13H,3,8-11H2,(H,28,32)(H,29,33). The van der Waals surface area contributed by atoms with E-state index < -0.39 is 35.5 Å². The van der Waals surface area contributed by atoms with E-state index in [1.54, 1.807) is 0 Å². The molecule has 1 fully saturated rings. The topological polar surface area (TPSA) is 64.7 Å². The Hall–Kier alpha value is -3.44. The Bertz CT molecular complexity index is 929. The predicted molar refractivity (Wildman–Crippen MR) is 109 cm³/mol. The van der Waals surface area contributed by atoms with Crippen LogP contribution in [0.2, 0.25) is 0 Å². The van der Waals surface area contributed by atoms with Crippen LogP contribution in [-0.2, 0) is 12.4 Å². The lowest BCUT2D eigenvalue weighted by atomic mass is 10.2. The summed E-state index contributed by atoms with van der Waals surface area (Å²) in [6, 6.07) is 7.23. The van der Waals surface area contributed by atoms with Gasteiger partial charge in [0, 0.05) is 37.6 Å². The van der Waals surface area contributed by atoms with E-state index >= 15 is 0 Å². The molecule has 3 rings (SSSR count). The van der Waals surface area contributed by atoms with Crippen LogP contribution < -0.4 is 10.6 Å². The summed E-state index contributed by atoms with van der Waals surface area (Å²) in [5.41, 5.74) is -1.82. The maximum absolute atomic E-state index is 12.8. The van der Waals surface area contributed by atoms with Crippen molar-refractivity contribution in [1.82, 2.24) is 9.80 Å². The molecule has 4 amide bonds. The number of nitrogens with zero attached hydrogens (tertiary/aromatic N) is 2. The molecule has 2 aromatic rings. The van der Waals surface area contributed by atoms with Gasteiger partial charge in [-0.2, -0.15) is 26.3 Å². The van der Waals surface area contributed by atoms with Crippen molar-refractivity contribution in [2.45, 2.75) is 18.8 Å². The average Bonchev–Trinajstić information content (AvgIpc) is 2.99. The van der Waals surface area contributed by atoms with E-state index in [0.29, 0.717) is 6.42 Å². The fourth-order valence-electron chi connectivity index (χ4n) is 3.28. The first kappa shape index (κ1) is 24.2. The van der Waals surface area contributed by atoms with Gasteiger partial charge in [-0.1, -0.05) is 12.1 Å². The molecule has 0 atom stereocenters. The van der Waals surface area contributed by atoms with Gasteiger partial charge in [0.15, 0.2) is 0 Å². The second-order valence-electron chi connectivity index (χ2n) is 7.35. The minimum atomic E-state index is -4.54. The number of benzene rings is 2. The first-order valence-electron chi connectivity index (χ1n) is 9.90. The van der Waals surface area contributed by atoms with E-state index in [2.05, 4.69) is 10.6 Å². The third-order valence-corrected chi connectivity index (χ3v) is 4.95. The lowest BCUT2D eigenvalue weighted by Crippen LogP contribution is -2.40. The molecule has 0 bridgehead atoms. The van der Waals surface area contributed by atoms with Crippen molar-refractivity contribution in [3.8, 4) is 0 Å². The number of hydrogen-bond donors (Lipinski definition) is 2. The number of amides is 4. The Morgan fingerprint density at radius 1 is 0.667 bits per heavy atom. The lowest BCUT2D eigenvalue weighted by molar-refractivity contribution is -0.138. The Labute approximate surface area is 185 Å². The van der Waals surface area contributed by atoms with Crippen LogP contribution in [0.4, 0.5) is 47.3 Å². The molecule has 1 saturated heterocycles. The fraction of sp³-hybridized carbons (Fsp3) is 0.333. The minimum Gasteiger partial charge on any atom is -0.323 e. The summed E-state index contributed by atoms with van der Waals surface area (Å²) in [7, 11) is 0. The molecule has 33 heavy (non-hydrogen) atoms. The first-order chi connectivity index (χ1) is 15.4. The predicted octanol–water partition coefficient (Wildman–Crippen LogP) is 5.50. The third-order valence-electron chi connectivity index (χ3n) is 4.95. The lowest BCUT2D eigenvalue weighted by Gasteiger charge is -2.23. The van der Waals surface area contributed by atoms with Gasteiger partial charge in [-0.3, -0.25) is 0 Å². The van der Waals surface area contributed by atoms with Crippen LogP contribution in [0.5, 0.6) is 0 Å². The molecule has 0 saturated carbocycles. The molecular weight excluding hydrogens is 454 g/mol. The van der Waals surface area contributed by atoms with Crippen molar-refractivity contribution in [2.24, 2.45) is 0 Å². The van der Waals surface area contributed by atoms with Gasteiger partial charge in [-0.15, -0.1) is 0 Å². The summed E-state index contributed by atoms with van der Waals surface area (Å²) < 4.78 is 77.1. The number of urea groups is 2. The van der Waals surface area contributed by atoms with Gasteiger partial charge in [0.1, 0.15) is 0 Å². The molecule has 12 heteroatoms. The molecule has 2 aromatic carbocycles. The van der Waals surface area contributed by atoms with Gasteiger partial charge >= 0.3 is 24.4 Å². The zero-order chi connectivity index (χ0) is 24.2. The summed E-state index contributed by atoms with van der Waals surface area (Å²) in [5, 5.41) is 4.84. The molecule has 6 nitrogen and oxygen atoms in total. The smallest absolute Gasteiger partial charge is 0.323 e. The largest absolute Gasteiger partial charge is 0.416 e. The van der Waals surface area contributed by atoms with Crippen molar-refractivity contribution in [3.05, 3.63) is 59.7 Å². The number of halogens is 6. The van der Waals surface area contributed by atoms with Gasteiger partial charge in [-0.25, -0.2) is 9.59 Å². The molecule has 1 aliphatic heterocycles. The molecule has 0 spiro atoms. The van der Waals surface area contributed by atoms with E-state index in [9.17, 15) is 35.9 Å². The second kappa shape index (κ2) is 9.59. The van der Waals surface area contributed by atoms with Crippen LogP contribution in [0, 0.1) is 0 Å². The van der Waals surface area contributed by atoms with Gasteiger partial charge in [0.2, 0.25) is 0 Å². The summed E-state index contributed by atoms with van der Waals surface area (Å²) in [5.74, 6) is 0. The third kappa shape index (κ3) is 6.53. The monoisotopic (exact) mass is 474 g/mol. The van der Waals surface area contributed by atoms with Crippen molar-refractivity contribution in [3.63, 3.8) is 0 Å². The quantitative estimate of drug-likeness (QED) is 0.565. The number of carbonyl (C=O) groups is 2. The fourth-order valence-corrected chi connectivity index (χ4v) is 3.28. The van der Waals surface area contributed by atoms with Crippen LogP contribution in [0.15, 0.2) is 48.5 Å². The molecule has 1 heterocycles. The van der Waals surface area contributed by atoms with E-state index in [4.69, 9.17) is 0 Å². The molecule has 2 N–H and O–H groups in total. The normalized spacial score (nSPS) is 15.1. The van der Waals surface area contributed by atoms with Gasteiger partial charge in [0.05, 0.1) is 11.1 Å². The highest BCUT2D eigenvalue weighted by atomic mass is 19.4. The van der Waals surface area contributed by atoms with Crippen LogP contribution >= 0.6 is 0 Å². The molecule has 178 valence electrons. The molecular formula is C21H20F6N4O2. The Morgan fingerprint density at radius 3 is 1.42 bits per heavy atom. The van der Waals surface area contributed by atoms with Crippen LogP contribution in [-0.4, -0.2) is 48.0 Å². The van der Waals surface area contributed by atoms with E-state index in [0.717, 1.165) is 24.3 Å². The molecule has 0 unspecified atom stereocenters. The number of rotatable bonds is 2. The average molecular weight is 474 g/mol. The zero-order valence-corrected chi connectivity index (χ0v) is 17.1. The summed E-state index contributed by atoms with van der Waals surface area (Å²) in [6.45, 7) is 0.692. The van der Waals surface area contributed by atoms with Crippen molar-refractivity contribution < 1.29 is 35.9 Å². The highest BCUT2D eigenvalue weighted by Gasteiger charge is 2.32. The van der Waals surface area contributed by atoms with E-state index in [1.807, 2.05) is 0 Å². The van der Waals surface area contributed by atoms with Gasteiger partial charge < -0.3 is 20.4 Å². The summed E-state index contributed by atoms with van der Waals surface area (Å²) >= 11 is 0. The number of carbonyl (C=O) groups excluding carboxylic acids is 2. The van der Waals surface area contributed by atoms with E-state index in [-0.39, 0.29) is 37.6 Å². The summed E-state index contributed by atoms with van der Waals surface area (Å²) in [6.07, 6.45) is -8.71. The Morgan fingerprint density at radius 2 is 1.06 bits per heavy atom. The van der Waals surface area contributed by atoms with Gasteiger partial charge in [0.25, 0.3) is 0 Å². The number of anilines is 2. The SMILES string of the molecule is O=C(Nc1cccc(C(F)(F)F)c1)N1CCCN(C(=O)Nc2cccc(C(F)(F)F)c2)CC1. The van der Waals surface area contributed by atoms with Crippen LogP contribution in [0.25, 0.3) is 0 Å². The molecule has 0 aliphatic carbocycles. The maximum Gasteiger partial charge on any atom is 0.416 e. The highest BCUT2D eigenvalue weighted by Crippen LogP contribution is 2.31. The van der Waals surface area contributed by atoms with Gasteiger partial charge in [-0.05, 0) is 42.8 Å². The molecule has 0 radical (unpaired) electrons. The van der Waals surface area contributed by atoms with Crippen LogP contribution in [0.1, 0.15) is 17.5 Å². The Balaban J connectivity index is 1.58. The zero-order valence-electron chi connectivity index (χ0n) is 17.1. The number of hydrogen-bond acceptors (Lipinski definition) is 2. The minimum absolute atomic E-state index is 0.0155. The summed E-state index contributed by atoms with van der Waals surface area (Å²) in [4.78, 5) is 27.7. The maximum atomic E-state index is 12.8. The second-order valence-corrected chi connectivity index (χ2v) is 7.35. The molecule has 0 aromatic heterocycles.